The second-order valence-corrected chi connectivity index (χ2v) is 10.8. The van der Waals surface area contributed by atoms with Crippen molar-refractivity contribution >= 4 is 33.7 Å². The maximum atomic E-state index is 14.9. The maximum absolute atomic E-state index is 14.9. The van der Waals surface area contributed by atoms with Crippen molar-refractivity contribution in [2.24, 2.45) is 10.5 Å². The second-order valence-electron chi connectivity index (χ2n) is 10.8. The first kappa shape index (κ1) is 25.6. The Morgan fingerprint density at radius 2 is 1.36 bits per heavy atom. The zero-order valence-electron chi connectivity index (χ0n) is 22.7. The molecular weight excluding hydrogens is 522 g/mol. The number of amides is 1. The van der Waals surface area contributed by atoms with E-state index in [2.05, 4.69) is 6.07 Å². The number of carbonyl (C=O) groups excluding carboxylic acids is 1. The molecule has 42 heavy (non-hydrogen) atoms. The van der Waals surface area contributed by atoms with Gasteiger partial charge in [0.25, 0.3) is 5.91 Å². The van der Waals surface area contributed by atoms with Crippen LogP contribution in [-0.4, -0.2) is 22.6 Å². The fourth-order valence-electron chi connectivity index (χ4n) is 6.47. The fraction of sp³-hybridized carbons (Fsp3) is 0.111. The molecule has 1 aliphatic heterocycles. The largest absolute Gasteiger partial charge is 0.271 e. The van der Waals surface area contributed by atoms with Gasteiger partial charge in [0.1, 0.15) is 5.41 Å². The molecule has 7 rings (SSSR count). The highest BCUT2D eigenvalue weighted by Crippen LogP contribution is 2.54. The molecule has 0 saturated carbocycles. The molecule has 1 spiro atoms. The molecule has 0 N–H and O–H groups in total. The summed E-state index contributed by atoms with van der Waals surface area (Å²) in [6, 6.07) is 41.6. The van der Waals surface area contributed by atoms with Crippen LogP contribution in [0.4, 0.5) is 5.69 Å². The normalized spacial score (nSPS) is 21.8. The van der Waals surface area contributed by atoms with E-state index in [-0.39, 0.29) is 17.3 Å². The van der Waals surface area contributed by atoms with Crippen molar-refractivity contribution in [3.8, 4) is 0 Å². The number of hydrazone groups is 1. The summed E-state index contributed by atoms with van der Waals surface area (Å²) in [4.78, 5) is 27.5. The van der Waals surface area contributed by atoms with Crippen LogP contribution in [0.3, 0.4) is 0 Å². The van der Waals surface area contributed by atoms with E-state index in [1.807, 2.05) is 133 Å². The SMILES string of the molecule is O=C1N(c2ccccc2)N=C(c2ccccc2)[C@]12C[C@H]([N+](=O)[O-])[C@@H](c1ccccc1)C=C2c1ccc2ccccc2c1. The Kier molecular flexibility index (Phi) is 6.24. The van der Waals surface area contributed by atoms with Crippen molar-refractivity contribution in [1.82, 2.24) is 0 Å². The van der Waals surface area contributed by atoms with Gasteiger partial charge in [-0.15, -0.1) is 0 Å². The van der Waals surface area contributed by atoms with E-state index in [0.29, 0.717) is 11.4 Å². The predicted molar refractivity (Wildman–Crippen MR) is 166 cm³/mol. The van der Waals surface area contributed by atoms with Gasteiger partial charge in [-0.05, 0) is 51.2 Å². The van der Waals surface area contributed by atoms with E-state index in [1.54, 1.807) is 0 Å². The Hall–Kier alpha value is -5.36. The van der Waals surface area contributed by atoms with Crippen LogP contribution in [0, 0.1) is 15.5 Å². The van der Waals surface area contributed by atoms with E-state index in [9.17, 15) is 14.9 Å². The number of carbonyl (C=O) groups is 1. The summed E-state index contributed by atoms with van der Waals surface area (Å²) in [5.41, 5.74) is 2.97. The summed E-state index contributed by atoms with van der Waals surface area (Å²) in [5.74, 6) is -0.811. The molecule has 2 aliphatic rings. The Morgan fingerprint density at radius 3 is 2.05 bits per heavy atom. The molecule has 1 aliphatic carbocycles. The van der Waals surface area contributed by atoms with Gasteiger partial charge in [0, 0.05) is 11.3 Å². The van der Waals surface area contributed by atoms with Gasteiger partial charge in [0.05, 0.1) is 17.3 Å². The molecule has 0 saturated heterocycles. The van der Waals surface area contributed by atoms with Crippen LogP contribution in [0.15, 0.2) is 145 Å². The van der Waals surface area contributed by atoms with Crippen LogP contribution in [0.5, 0.6) is 0 Å². The first-order valence-electron chi connectivity index (χ1n) is 14.0. The van der Waals surface area contributed by atoms with Crippen molar-refractivity contribution in [3.05, 3.63) is 166 Å². The van der Waals surface area contributed by atoms with Crippen molar-refractivity contribution in [1.29, 1.82) is 0 Å². The molecule has 5 aromatic carbocycles. The summed E-state index contributed by atoms with van der Waals surface area (Å²) >= 11 is 0. The third kappa shape index (κ3) is 4.11. The minimum absolute atomic E-state index is 0.0197. The molecule has 0 unspecified atom stereocenters. The molecule has 0 fully saturated rings. The zero-order chi connectivity index (χ0) is 28.7. The number of hydrogen-bond acceptors (Lipinski definition) is 4. The average molecular weight is 550 g/mol. The highest BCUT2D eigenvalue weighted by atomic mass is 16.6. The molecule has 1 amide bonds. The zero-order valence-corrected chi connectivity index (χ0v) is 22.7. The lowest BCUT2D eigenvalue weighted by molar-refractivity contribution is -0.527. The van der Waals surface area contributed by atoms with Crippen LogP contribution in [0.1, 0.15) is 29.0 Å². The highest BCUT2D eigenvalue weighted by Gasteiger charge is 2.60. The third-order valence-electron chi connectivity index (χ3n) is 8.46. The van der Waals surface area contributed by atoms with Crippen LogP contribution in [0.25, 0.3) is 16.3 Å². The standard InChI is InChI=1S/C36H27N3O3/c40-35-36(34(27-15-6-2-7-16-27)37-38(35)30-18-8-3-9-19-30)24-33(39(41)42)31(26-13-4-1-5-14-26)23-32(36)29-21-20-25-12-10-11-17-28(25)22-29/h1-23,31,33H,24H2/t31-,33+,36-/m1/s1. The van der Waals surface area contributed by atoms with Crippen LogP contribution < -0.4 is 5.01 Å². The van der Waals surface area contributed by atoms with Crippen LogP contribution in [-0.2, 0) is 4.79 Å². The number of benzene rings is 5. The van der Waals surface area contributed by atoms with Crippen molar-refractivity contribution in [3.63, 3.8) is 0 Å². The van der Waals surface area contributed by atoms with Gasteiger partial charge >= 0.3 is 0 Å². The Morgan fingerprint density at radius 1 is 0.738 bits per heavy atom. The molecule has 0 aromatic heterocycles. The molecule has 0 bridgehead atoms. The smallest absolute Gasteiger partial charge is 0.264 e. The van der Waals surface area contributed by atoms with Gasteiger partial charge in [-0.1, -0.05) is 121 Å². The van der Waals surface area contributed by atoms with Crippen molar-refractivity contribution in [2.45, 2.75) is 18.4 Å². The van der Waals surface area contributed by atoms with Crippen molar-refractivity contribution in [2.75, 3.05) is 5.01 Å². The number of fused-ring (bicyclic) bond motifs is 1. The van der Waals surface area contributed by atoms with Gasteiger partial charge in [-0.25, -0.2) is 0 Å². The summed E-state index contributed by atoms with van der Waals surface area (Å²) in [6.45, 7) is 0. The number of anilines is 1. The monoisotopic (exact) mass is 549 g/mol. The molecule has 0 radical (unpaired) electrons. The van der Waals surface area contributed by atoms with E-state index in [4.69, 9.17) is 5.10 Å². The third-order valence-corrected chi connectivity index (χ3v) is 8.46. The lowest BCUT2D eigenvalue weighted by Gasteiger charge is -2.39. The van der Waals surface area contributed by atoms with E-state index in [0.717, 1.165) is 33.0 Å². The minimum Gasteiger partial charge on any atom is -0.271 e. The van der Waals surface area contributed by atoms with Gasteiger partial charge in [0.2, 0.25) is 6.04 Å². The second kappa shape index (κ2) is 10.2. The first-order valence-corrected chi connectivity index (χ1v) is 14.0. The Balaban J connectivity index is 1.53. The molecule has 3 atom stereocenters. The Labute approximate surface area is 243 Å². The van der Waals surface area contributed by atoms with Gasteiger partial charge < -0.3 is 0 Å². The molecule has 6 heteroatoms. The summed E-state index contributed by atoms with van der Waals surface area (Å²) in [6.07, 6.45) is 1.94. The van der Waals surface area contributed by atoms with E-state index >= 15 is 0 Å². The number of nitro groups is 1. The van der Waals surface area contributed by atoms with E-state index < -0.39 is 17.4 Å². The fourth-order valence-corrected chi connectivity index (χ4v) is 6.47. The summed E-state index contributed by atoms with van der Waals surface area (Å²) in [7, 11) is 0. The number of para-hydroxylation sites is 1. The molecular formula is C36H27N3O3. The summed E-state index contributed by atoms with van der Waals surface area (Å²) in [5, 5.41) is 21.3. The predicted octanol–water partition coefficient (Wildman–Crippen LogP) is 7.49. The molecule has 6 nitrogen and oxygen atoms in total. The minimum atomic E-state index is -1.37. The molecule has 1 heterocycles. The average Bonchev–Trinajstić information content (AvgIpc) is 3.33. The lowest BCUT2D eigenvalue weighted by Crippen LogP contribution is -2.49. The van der Waals surface area contributed by atoms with Crippen LogP contribution in [0.2, 0.25) is 0 Å². The van der Waals surface area contributed by atoms with E-state index in [1.165, 1.54) is 5.01 Å². The van der Waals surface area contributed by atoms with Gasteiger partial charge in [0.15, 0.2) is 0 Å². The lowest BCUT2D eigenvalue weighted by atomic mass is 9.61. The van der Waals surface area contributed by atoms with Crippen LogP contribution >= 0.6 is 0 Å². The topological polar surface area (TPSA) is 75.8 Å². The number of nitrogens with zero attached hydrogens (tertiary/aromatic N) is 3. The Bertz CT molecular complexity index is 1870. The quantitative estimate of drug-likeness (QED) is 0.168. The first-order chi connectivity index (χ1) is 20.6. The van der Waals surface area contributed by atoms with Gasteiger partial charge in [-0.2, -0.15) is 10.1 Å². The van der Waals surface area contributed by atoms with Gasteiger partial charge in [-0.3, -0.25) is 14.9 Å². The number of hydrogen-bond donors (Lipinski definition) is 0. The molecule has 5 aromatic rings. The molecule has 204 valence electrons. The summed E-state index contributed by atoms with van der Waals surface area (Å²) < 4.78 is 0. The number of rotatable bonds is 5. The highest BCUT2D eigenvalue weighted by molar-refractivity contribution is 6.31. The van der Waals surface area contributed by atoms with Crippen molar-refractivity contribution < 1.29 is 9.72 Å². The maximum Gasteiger partial charge on any atom is 0.264 e.